The lowest BCUT2D eigenvalue weighted by Crippen LogP contribution is -2.40. The molecule has 0 spiro atoms. The molecule has 0 bridgehead atoms. The van der Waals surface area contributed by atoms with Crippen LogP contribution in [0.1, 0.15) is 63.9 Å². The van der Waals surface area contributed by atoms with Gasteiger partial charge in [0.05, 0.1) is 19.3 Å². The summed E-state index contributed by atoms with van der Waals surface area (Å²) in [4.78, 5) is 4.50. The number of hydrogen-bond donors (Lipinski definition) is 3. The molecule has 0 saturated heterocycles. The largest absolute Gasteiger partial charge is 0.463 e. The number of nitrogens with zero attached hydrogens (tertiary/aromatic N) is 1. The second kappa shape index (κ2) is 10.6. The van der Waals surface area contributed by atoms with Crippen LogP contribution in [-0.4, -0.2) is 43.4 Å². The fourth-order valence-electron chi connectivity index (χ4n) is 3.18. The van der Waals surface area contributed by atoms with Gasteiger partial charge in [0.15, 0.2) is 5.96 Å². The Labute approximate surface area is 157 Å². The zero-order chi connectivity index (χ0) is 18.8. The second-order valence-electron chi connectivity index (χ2n) is 7.29. The highest BCUT2D eigenvalue weighted by Gasteiger charge is 2.26. The van der Waals surface area contributed by atoms with E-state index in [1.165, 1.54) is 38.5 Å². The minimum Gasteiger partial charge on any atom is -0.463 e. The molecule has 1 fully saturated rings. The Morgan fingerprint density at radius 3 is 2.62 bits per heavy atom. The van der Waals surface area contributed by atoms with Gasteiger partial charge in [0, 0.05) is 13.1 Å². The molecule has 2 rings (SSSR count). The summed E-state index contributed by atoms with van der Waals surface area (Å²) in [7, 11) is 0. The molecule has 1 heterocycles. The summed E-state index contributed by atoms with van der Waals surface area (Å²) in [6, 6.07) is 3.65. The van der Waals surface area contributed by atoms with E-state index in [9.17, 15) is 5.11 Å². The highest BCUT2D eigenvalue weighted by molar-refractivity contribution is 5.79. The van der Waals surface area contributed by atoms with Crippen LogP contribution < -0.4 is 10.6 Å². The quantitative estimate of drug-likeness (QED) is 0.286. The summed E-state index contributed by atoms with van der Waals surface area (Å²) < 4.78 is 11.5. The SMILES string of the molecule is CCNC(=NCC(C)(O)c1ccc(C)o1)NCCOC1CCCCCC1. The van der Waals surface area contributed by atoms with Crippen molar-refractivity contribution in [3.05, 3.63) is 23.7 Å². The lowest BCUT2D eigenvalue weighted by Gasteiger charge is -2.20. The Hall–Kier alpha value is -1.53. The number of guanidine groups is 1. The zero-order valence-corrected chi connectivity index (χ0v) is 16.5. The fraction of sp³-hybridized carbons (Fsp3) is 0.750. The van der Waals surface area contributed by atoms with Crippen molar-refractivity contribution in [1.82, 2.24) is 10.6 Å². The van der Waals surface area contributed by atoms with E-state index in [2.05, 4.69) is 15.6 Å². The van der Waals surface area contributed by atoms with Gasteiger partial charge in [0.1, 0.15) is 17.1 Å². The van der Waals surface area contributed by atoms with E-state index in [0.29, 0.717) is 31.0 Å². The van der Waals surface area contributed by atoms with Crippen molar-refractivity contribution in [3.8, 4) is 0 Å². The van der Waals surface area contributed by atoms with Crippen molar-refractivity contribution in [2.24, 2.45) is 4.99 Å². The fourth-order valence-corrected chi connectivity index (χ4v) is 3.18. The summed E-state index contributed by atoms with van der Waals surface area (Å²) in [5.74, 6) is 2.00. The van der Waals surface area contributed by atoms with Gasteiger partial charge in [-0.3, -0.25) is 0 Å². The summed E-state index contributed by atoms with van der Waals surface area (Å²) in [6.45, 7) is 7.95. The topological polar surface area (TPSA) is 79.0 Å². The molecule has 0 aromatic carbocycles. The summed E-state index contributed by atoms with van der Waals surface area (Å²) in [5.41, 5.74) is -1.13. The van der Waals surface area contributed by atoms with E-state index in [4.69, 9.17) is 9.15 Å². The third-order valence-electron chi connectivity index (χ3n) is 4.71. The van der Waals surface area contributed by atoms with Crippen LogP contribution in [0, 0.1) is 6.92 Å². The molecule has 1 aromatic heterocycles. The number of aliphatic imine (C=N–C) groups is 1. The van der Waals surface area contributed by atoms with Gasteiger partial charge >= 0.3 is 0 Å². The Morgan fingerprint density at radius 2 is 2.00 bits per heavy atom. The van der Waals surface area contributed by atoms with Crippen molar-refractivity contribution in [3.63, 3.8) is 0 Å². The van der Waals surface area contributed by atoms with Crippen LogP contribution in [0.3, 0.4) is 0 Å². The van der Waals surface area contributed by atoms with Gasteiger partial charge < -0.3 is 24.9 Å². The second-order valence-corrected chi connectivity index (χ2v) is 7.29. The first kappa shape index (κ1) is 20.8. The molecule has 6 nitrogen and oxygen atoms in total. The van der Waals surface area contributed by atoms with Crippen molar-refractivity contribution in [1.29, 1.82) is 0 Å². The van der Waals surface area contributed by atoms with E-state index < -0.39 is 5.60 Å². The van der Waals surface area contributed by atoms with Crippen LogP contribution in [0.2, 0.25) is 0 Å². The highest BCUT2D eigenvalue weighted by atomic mass is 16.5. The van der Waals surface area contributed by atoms with E-state index >= 15 is 0 Å². The number of rotatable bonds is 8. The van der Waals surface area contributed by atoms with Gasteiger partial charge in [-0.05, 0) is 45.7 Å². The van der Waals surface area contributed by atoms with Crippen molar-refractivity contribution in [2.45, 2.75) is 71.0 Å². The van der Waals surface area contributed by atoms with E-state index in [1.54, 1.807) is 13.0 Å². The third-order valence-corrected chi connectivity index (χ3v) is 4.71. The third kappa shape index (κ3) is 7.00. The minimum absolute atomic E-state index is 0.221. The molecule has 0 aliphatic heterocycles. The number of aliphatic hydroxyl groups is 1. The Bertz CT molecular complexity index is 546. The monoisotopic (exact) mass is 365 g/mol. The number of nitrogens with one attached hydrogen (secondary N) is 2. The van der Waals surface area contributed by atoms with Gasteiger partial charge in [0.2, 0.25) is 0 Å². The minimum atomic E-state index is -1.13. The molecule has 1 saturated carbocycles. The molecule has 6 heteroatoms. The van der Waals surface area contributed by atoms with Gasteiger partial charge in [-0.1, -0.05) is 25.7 Å². The molecular formula is C20H35N3O3. The predicted molar refractivity (Wildman–Crippen MR) is 104 cm³/mol. The molecule has 1 aliphatic rings. The molecule has 1 atom stereocenters. The molecule has 3 N–H and O–H groups in total. The van der Waals surface area contributed by atoms with Crippen LogP contribution in [0.4, 0.5) is 0 Å². The normalized spacial score (nSPS) is 19.0. The molecule has 0 amide bonds. The molecule has 1 aliphatic carbocycles. The first-order valence-electron chi connectivity index (χ1n) is 9.94. The zero-order valence-electron chi connectivity index (χ0n) is 16.5. The van der Waals surface area contributed by atoms with E-state index in [-0.39, 0.29) is 6.54 Å². The van der Waals surface area contributed by atoms with Crippen LogP contribution in [-0.2, 0) is 10.3 Å². The molecule has 1 aromatic rings. The van der Waals surface area contributed by atoms with Crippen LogP contribution >= 0.6 is 0 Å². The Balaban J connectivity index is 1.78. The maximum absolute atomic E-state index is 10.6. The smallest absolute Gasteiger partial charge is 0.191 e. The van der Waals surface area contributed by atoms with Crippen LogP contribution in [0.5, 0.6) is 0 Å². The van der Waals surface area contributed by atoms with Gasteiger partial charge in [0.25, 0.3) is 0 Å². The lowest BCUT2D eigenvalue weighted by atomic mass is 10.0. The standard InChI is InChI=1S/C20H35N3O3/c1-4-21-19(22-13-14-25-17-9-7-5-6-8-10-17)23-15-20(3,24)18-12-11-16(2)26-18/h11-12,17,24H,4-10,13-15H2,1-3H3,(H2,21,22,23). The van der Waals surface area contributed by atoms with Crippen LogP contribution in [0.15, 0.2) is 21.5 Å². The summed E-state index contributed by atoms with van der Waals surface area (Å²) in [6.07, 6.45) is 8.00. The first-order chi connectivity index (χ1) is 12.5. The summed E-state index contributed by atoms with van der Waals surface area (Å²) in [5, 5.41) is 17.1. The first-order valence-corrected chi connectivity index (χ1v) is 9.94. The Kier molecular flexibility index (Phi) is 8.45. The van der Waals surface area contributed by atoms with E-state index in [1.807, 2.05) is 19.9 Å². The number of ether oxygens (including phenoxy) is 1. The van der Waals surface area contributed by atoms with Gasteiger partial charge in [-0.15, -0.1) is 0 Å². The molecular weight excluding hydrogens is 330 g/mol. The predicted octanol–water partition coefficient (Wildman–Crippen LogP) is 3.09. The summed E-state index contributed by atoms with van der Waals surface area (Å²) >= 11 is 0. The van der Waals surface area contributed by atoms with Crippen molar-refractivity contribution in [2.75, 3.05) is 26.2 Å². The average molecular weight is 366 g/mol. The average Bonchev–Trinajstić information content (AvgIpc) is 2.90. The molecule has 26 heavy (non-hydrogen) atoms. The van der Waals surface area contributed by atoms with Crippen molar-refractivity contribution < 1.29 is 14.3 Å². The van der Waals surface area contributed by atoms with Gasteiger partial charge in [-0.25, -0.2) is 4.99 Å². The van der Waals surface area contributed by atoms with E-state index in [0.717, 1.165) is 12.3 Å². The molecule has 148 valence electrons. The number of aryl methyl sites for hydroxylation is 1. The Morgan fingerprint density at radius 1 is 1.27 bits per heavy atom. The molecule has 1 unspecified atom stereocenters. The maximum Gasteiger partial charge on any atom is 0.191 e. The molecule has 0 radical (unpaired) electrons. The lowest BCUT2D eigenvalue weighted by molar-refractivity contribution is 0.0425. The number of furan rings is 1. The van der Waals surface area contributed by atoms with Crippen molar-refractivity contribution >= 4 is 5.96 Å². The van der Waals surface area contributed by atoms with Crippen LogP contribution in [0.25, 0.3) is 0 Å². The number of hydrogen-bond acceptors (Lipinski definition) is 4. The highest BCUT2D eigenvalue weighted by Crippen LogP contribution is 2.23. The maximum atomic E-state index is 10.6. The van der Waals surface area contributed by atoms with Gasteiger partial charge in [-0.2, -0.15) is 0 Å².